The van der Waals surface area contributed by atoms with Crippen molar-refractivity contribution >= 4 is 16.9 Å². The van der Waals surface area contributed by atoms with Gasteiger partial charge < -0.3 is 10.2 Å². The number of pyridine rings is 1. The highest BCUT2D eigenvalue weighted by atomic mass is 16.2. The first-order chi connectivity index (χ1) is 13.8. The van der Waals surface area contributed by atoms with Crippen molar-refractivity contribution in [3.63, 3.8) is 0 Å². The number of carbonyl (C=O) groups is 1. The van der Waals surface area contributed by atoms with Crippen LogP contribution in [0.3, 0.4) is 0 Å². The van der Waals surface area contributed by atoms with Crippen molar-refractivity contribution in [1.29, 1.82) is 0 Å². The summed E-state index contributed by atoms with van der Waals surface area (Å²) < 4.78 is 2.00. The number of nitrogens with one attached hydrogen (secondary N) is 1. The molecule has 4 rings (SSSR count). The zero-order valence-electron chi connectivity index (χ0n) is 16.0. The zero-order chi connectivity index (χ0) is 19.2. The largest absolute Gasteiger partial charge is 0.338 e. The molecule has 0 saturated carbocycles. The second kappa shape index (κ2) is 8.84. The van der Waals surface area contributed by atoms with Gasteiger partial charge >= 0.3 is 6.03 Å². The predicted octanol–water partition coefficient (Wildman–Crippen LogP) is 2.35. The normalized spacial score (nSPS) is 15.1. The quantitative estimate of drug-likeness (QED) is 0.669. The van der Waals surface area contributed by atoms with Gasteiger partial charge in [0.15, 0.2) is 0 Å². The lowest BCUT2D eigenvalue weighted by Gasteiger charge is -2.34. The van der Waals surface area contributed by atoms with E-state index >= 15 is 0 Å². The second-order valence-electron chi connectivity index (χ2n) is 7.14. The van der Waals surface area contributed by atoms with E-state index in [1.165, 1.54) is 5.56 Å². The number of nitrogens with zero attached hydrogens (tertiary/aromatic N) is 5. The van der Waals surface area contributed by atoms with Crippen LogP contribution in [0.15, 0.2) is 55.0 Å². The van der Waals surface area contributed by atoms with Gasteiger partial charge in [0.05, 0.1) is 11.7 Å². The Balaban J connectivity index is 1.17. The van der Waals surface area contributed by atoms with E-state index in [-0.39, 0.29) is 6.03 Å². The summed E-state index contributed by atoms with van der Waals surface area (Å²) in [6, 6.07) is 12.3. The van der Waals surface area contributed by atoms with Crippen LogP contribution in [0.5, 0.6) is 0 Å². The first-order valence-corrected chi connectivity index (χ1v) is 9.84. The third-order valence-electron chi connectivity index (χ3n) is 5.16. The molecular formula is C21H26N6O. The Kier molecular flexibility index (Phi) is 5.82. The molecule has 28 heavy (non-hydrogen) atoms. The molecule has 7 nitrogen and oxygen atoms in total. The van der Waals surface area contributed by atoms with Crippen LogP contribution in [0, 0.1) is 0 Å². The highest BCUT2D eigenvalue weighted by Gasteiger charge is 2.20. The number of para-hydroxylation sites is 1. The Morgan fingerprint density at radius 3 is 2.71 bits per heavy atom. The maximum absolute atomic E-state index is 12.4. The molecule has 0 unspecified atom stereocenters. The molecule has 1 aromatic carbocycles. The number of hydrogen-bond acceptors (Lipinski definition) is 4. The fraction of sp³-hybridized carbons (Fsp3) is 0.381. The molecule has 2 amide bonds. The number of aromatic nitrogens is 3. The first-order valence-electron chi connectivity index (χ1n) is 9.84. The number of rotatable bonds is 6. The summed E-state index contributed by atoms with van der Waals surface area (Å²) in [5, 5.41) is 8.62. The van der Waals surface area contributed by atoms with E-state index in [1.54, 1.807) is 6.20 Å². The van der Waals surface area contributed by atoms with Crippen molar-refractivity contribution in [1.82, 2.24) is 29.9 Å². The average Bonchev–Trinajstić information content (AvgIpc) is 3.15. The van der Waals surface area contributed by atoms with Crippen molar-refractivity contribution in [2.75, 3.05) is 32.7 Å². The second-order valence-corrected chi connectivity index (χ2v) is 7.14. The summed E-state index contributed by atoms with van der Waals surface area (Å²) >= 11 is 0. The number of hydrogen-bond donors (Lipinski definition) is 1. The topological polar surface area (TPSA) is 66.3 Å². The Morgan fingerprint density at radius 2 is 1.89 bits per heavy atom. The van der Waals surface area contributed by atoms with E-state index in [0.29, 0.717) is 6.54 Å². The van der Waals surface area contributed by atoms with E-state index in [9.17, 15) is 4.79 Å². The number of fused-ring (bicyclic) bond motifs is 1. The summed E-state index contributed by atoms with van der Waals surface area (Å²) in [5.41, 5.74) is 2.35. The van der Waals surface area contributed by atoms with Gasteiger partial charge in [-0.2, -0.15) is 5.10 Å². The lowest BCUT2D eigenvalue weighted by molar-refractivity contribution is 0.135. The lowest BCUT2D eigenvalue weighted by Crippen LogP contribution is -2.51. The molecule has 0 bridgehead atoms. The van der Waals surface area contributed by atoms with Crippen molar-refractivity contribution < 1.29 is 4.79 Å². The maximum Gasteiger partial charge on any atom is 0.317 e. The summed E-state index contributed by atoms with van der Waals surface area (Å²) in [6.45, 7) is 5.64. The maximum atomic E-state index is 12.4. The summed E-state index contributed by atoms with van der Waals surface area (Å²) in [7, 11) is 0. The van der Waals surface area contributed by atoms with Crippen molar-refractivity contribution in [3.05, 3.63) is 60.6 Å². The SMILES string of the molecule is O=C(NCCCn1ncc2ccccc21)N1CCN(Cc2cccnc2)CC1. The Labute approximate surface area is 165 Å². The number of amides is 2. The molecule has 3 heterocycles. The monoisotopic (exact) mass is 378 g/mol. The van der Waals surface area contributed by atoms with E-state index in [0.717, 1.165) is 56.6 Å². The van der Waals surface area contributed by atoms with Gasteiger partial charge in [0.2, 0.25) is 0 Å². The first kappa shape index (κ1) is 18.4. The van der Waals surface area contributed by atoms with E-state index in [1.807, 2.05) is 40.2 Å². The summed E-state index contributed by atoms with van der Waals surface area (Å²) in [4.78, 5) is 20.8. The van der Waals surface area contributed by atoms with Crippen molar-refractivity contribution in [2.24, 2.45) is 0 Å². The third-order valence-corrected chi connectivity index (χ3v) is 5.16. The van der Waals surface area contributed by atoms with Gasteiger partial charge in [-0.3, -0.25) is 14.6 Å². The molecule has 0 atom stereocenters. The standard InChI is InChI=1S/C21H26N6O/c28-21(23-9-4-10-27-20-7-2-1-6-19(20)16-24-27)26-13-11-25(12-14-26)17-18-5-3-8-22-15-18/h1-3,5-8,15-16H,4,9-14,17H2,(H,23,28). The molecule has 7 heteroatoms. The average molecular weight is 378 g/mol. The molecule has 3 aromatic rings. The molecule has 1 fully saturated rings. The Morgan fingerprint density at radius 1 is 1.04 bits per heavy atom. The van der Waals surface area contributed by atoms with Crippen LogP contribution in [0.25, 0.3) is 10.9 Å². The highest BCUT2D eigenvalue weighted by Crippen LogP contribution is 2.12. The van der Waals surface area contributed by atoms with Crippen LogP contribution in [0.4, 0.5) is 4.79 Å². The van der Waals surface area contributed by atoms with Crippen LogP contribution in [0.2, 0.25) is 0 Å². The summed E-state index contributed by atoms with van der Waals surface area (Å²) in [6.07, 6.45) is 6.44. The number of carbonyl (C=O) groups excluding carboxylic acids is 1. The van der Waals surface area contributed by atoms with Crippen molar-refractivity contribution in [3.8, 4) is 0 Å². The molecule has 2 aromatic heterocycles. The van der Waals surface area contributed by atoms with Gasteiger partial charge in [-0.25, -0.2) is 4.79 Å². The molecule has 1 N–H and O–H groups in total. The molecule has 1 aliphatic heterocycles. The van der Waals surface area contributed by atoms with Crippen LogP contribution < -0.4 is 5.32 Å². The van der Waals surface area contributed by atoms with Gasteiger partial charge in [-0.05, 0) is 24.1 Å². The molecule has 0 radical (unpaired) electrons. The fourth-order valence-corrected chi connectivity index (χ4v) is 3.60. The zero-order valence-corrected chi connectivity index (χ0v) is 16.0. The number of urea groups is 1. The fourth-order valence-electron chi connectivity index (χ4n) is 3.60. The number of aryl methyl sites for hydroxylation is 1. The van der Waals surface area contributed by atoms with Crippen LogP contribution in [-0.2, 0) is 13.1 Å². The molecular weight excluding hydrogens is 352 g/mol. The summed E-state index contributed by atoms with van der Waals surface area (Å²) in [5.74, 6) is 0. The minimum Gasteiger partial charge on any atom is -0.338 e. The number of piperazine rings is 1. The van der Waals surface area contributed by atoms with Crippen LogP contribution in [-0.4, -0.2) is 63.3 Å². The molecule has 146 valence electrons. The van der Waals surface area contributed by atoms with Gasteiger partial charge in [0.25, 0.3) is 0 Å². The Bertz CT molecular complexity index is 901. The Hall–Kier alpha value is -2.93. The minimum absolute atomic E-state index is 0.0337. The van der Waals surface area contributed by atoms with Gasteiger partial charge in [0.1, 0.15) is 0 Å². The van der Waals surface area contributed by atoms with Crippen molar-refractivity contribution in [2.45, 2.75) is 19.5 Å². The minimum atomic E-state index is 0.0337. The molecule has 0 aliphatic carbocycles. The third kappa shape index (κ3) is 4.48. The predicted molar refractivity (Wildman–Crippen MR) is 109 cm³/mol. The molecule has 0 spiro atoms. The van der Waals surface area contributed by atoms with E-state index in [4.69, 9.17) is 0 Å². The molecule has 1 saturated heterocycles. The van der Waals surface area contributed by atoms with Gasteiger partial charge in [0, 0.05) is 63.6 Å². The van der Waals surface area contributed by atoms with Crippen LogP contribution in [0.1, 0.15) is 12.0 Å². The smallest absolute Gasteiger partial charge is 0.317 e. The van der Waals surface area contributed by atoms with Gasteiger partial charge in [-0.1, -0.05) is 24.3 Å². The highest BCUT2D eigenvalue weighted by molar-refractivity contribution is 5.78. The lowest BCUT2D eigenvalue weighted by atomic mass is 10.2. The van der Waals surface area contributed by atoms with E-state index < -0.39 is 0 Å². The van der Waals surface area contributed by atoms with E-state index in [2.05, 4.69) is 38.5 Å². The van der Waals surface area contributed by atoms with Crippen LogP contribution >= 0.6 is 0 Å². The molecule has 1 aliphatic rings. The number of benzene rings is 1. The van der Waals surface area contributed by atoms with Gasteiger partial charge in [-0.15, -0.1) is 0 Å².